The van der Waals surface area contributed by atoms with Gasteiger partial charge in [-0.1, -0.05) is 30.7 Å². The minimum Gasteiger partial charge on any atom is -0.352 e. The van der Waals surface area contributed by atoms with Gasteiger partial charge in [0.1, 0.15) is 0 Å². The zero-order chi connectivity index (χ0) is 16.5. The summed E-state index contributed by atoms with van der Waals surface area (Å²) < 4.78 is 0. The summed E-state index contributed by atoms with van der Waals surface area (Å²) in [6, 6.07) is 9.36. The third-order valence-electron chi connectivity index (χ3n) is 4.67. The zero-order valence-corrected chi connectivity index (χ0v) is 17.1. The van der Waals surface area contributed by atoms with Crippen LogP contribution < -0.4 is 10.6 Å². The summed E-state index contributed by atoms with van der Waals surface area (Å²) in [5.41, 5.74) is 2.53. The summed E-state index contributed by atoms with van der Waals surface area (Å²) in [7, 11) is 1.91. The lowest BCUT2D eigenvalue weighted by molar-refractivity contribution is -0.121. The molecule has 1 aliphatic heterocycles. The predicted molar refractivity (Wildman–Crippen MR) is 110 cm³/mol. The second-order valence-corrected chi connectivity index (χ2v) is 6.62. The number of hydrogen-bond acceptors (Lipinski definition) is 3. The molecule has 1 amide bonds. The number of nitrogens with zero attached hydrogens (tertiary/aromatic N) is 1. The van der Waals surface area contributed by atoms with Crippen LogP contribution in [-0.4, -0.2) is 37.0 Å². The molecular formula is C19H33Cl2N3O. The van der Waals surface area contributed by atoms with Crippen molar-refractivity contribution in [2.45, 2.75) is 58.2 Å². The molecular weight excluding hydrogens is 357 g/mol. The van der Waals surface area contributed by atoms with Crippen molar-refractivity contribution in [1.29, 1.82) is 0 Å². The highest BCUT2D eigenvalue weighted by Crippen LogP contribution is 2.19. The van der Waals surface area contributed by atoms with Gasteiger partial charge in [0.2, 0.25) is 5.91 Å². The van der Waals surface area contributed by atoms with Gasteiger partial charge in [0.25, 0.3) is 0 Å². The van der Waals surface area contributed by atoms with E-state index in [1.807, 2.05) is 7.05 Å². The van der Waals surface area contributed by atoms with E-state index < -0.39 is 0 Å². The molecule has 4 nitrogen and oxygen atoms in total. The Labute approximate surface area is 164 Å². The summed E-state index contributed by atoms with van der Waals surface area (Å²) in [5.74, 6) is 0.131. The maximum absolute atomic E-state index is 11.7. The van der Waals surface area contributed by atoms with Crippen molar-refractivity contribution in [2.75, 3.05) is 20.1 Å². The lowest BCUT2D eigenvalue weighted by Crippen LogP contribution is -2.36. The van der Waals surface area contributed by atoms with Gasteiger partial charge in [-0.3, -0.25) is 9.69 Å². The first kappa shape index (κ1) is 24.2. The van der Waals surface area contributed by atoms with E-state index in [1.54, 1.807) is 0 Å². The maximum Gasteiger partial charge on any atom is 0.220 e. The number of benzene rings is 1. The number of likely N-dealkylation sites (tertiary alicyclic amines) is 1. The van der Waals surface area contributed by atoms with Crippen LogP contribution >= 0.6 is 24.8 Å². The molecule has 1 aromatic rings. The second-order valence-electron chi connectivity index (χ2n) is 6.62. The SMILES string of the molecule is CNCCCC(=O)NCc1ccc(CN2CCCCC2C)cc1.Cl.Cl. The van der Waals surface area contributed by atoms with Crippen LogP contribution in [0.4, 0.5) is 0 Å². The van der Waals surface area contributed by atoms with Gasteiger partial charge in [-0.25, -0.2) is 0 Å². The van der Waals surface area contributed by atoms with Crippen LogP contribution in [-0.2, 0) is 17.9 Å². The number of carbonyl (C=O) groups excluding carboxylic acids is 1. The Bertz CT molecular complexity index is 482. The number of nitrogens with one attached hydrogen (secondary N) is 2. The van der Waals surface area contributed by atoms with E-state index >= 15 is 0 Å². The molecule has 1 saturated heterocycles. The molecule has 2 N–H and O–H groups in total. The van der Waals surface area contributed by atoms with E-state index in [1.165, 1.54) is 36.9 Å². The van der Waals surface area contributed by atoms with Crippen LogP contribution in [0.1, 0.15) is 50.2 Å². The van der Waals surface area contributed by atoms with Crippen LogP contribution in [0.5, 0.6) is 0 Å². The summed E-state index contributed by atoms with van der Waals surface area (Å²) >= 11 is 0. The molecule has 144 valence electrons. The molecule has 25 heavy (non-hydrogen) atoms. The molecule has 1 unspecified atom stereocenters. The molecule has 0 saturated carbocycles. The highest BCUT2D eigenvalue weighted by atomic mass is 35.5. The normalized spacial score (nSPS) is 17.3. The summed E-state index contributed by atoms with van der Waals surface area (Å²) in [4.78, 5) is 14.3. The number of halogens is 2. The van der Waals surface area contributed by atoms with Gasteiger partial charge in [-0.2, -0.15) is 0 Å². The smallest absolute Gasteiger partial charge is 0.220 e. The Morgan fingerprint density at radius 3 is 2.48 bits per heavy atom. The van der Waals surface area contributed by atoms with Crippen molar-refractivity contribution < 1.29 is 4.79 Å². The maximum atomic E-state index is 11.7. The van der Waals surface area contributed by atoms with Gasteiger partial charge in [0.15, 0.2) is 0 Å². The van der Waals surface area contributed by atoms with E-state index in [0.717, 1.165) is 19.5 Å². The lowest BCUT2D eigenvalue weighted by atomic mass is 10.0. The van der Waals surface area contributed by atoms with Crippen LogP contribution in [0.15, 0.2) is 24.3 Å². The number of piperidine rings is 1. The highest BCUT2D eigenvalue weighted by molar-refractivity contribution is 5.85. The molecule has 1 fully saturated rings. The minimum atomic E-state index is 0. The van der Waals surface area contributed by atoms with Crippen LogP contribution in [0.3, 0.4) is 0 Å². The second kappa shape index (κ2) is 13.4. The van der Waals surface area contributed by atoms with E-state index in [-0.39, 0.29) is 30.7 Å². The average molecular weight is 390 g/mol. The minimum absolute atomic E-state index is 0. The lowest BCUT2D eigenvalue weighted by Gasteiger charge is -2.33. The number of carbonyl (C=O) groups is 1. The molecule has 0 bridgehead atoms. The molecule has 1 aromatic carbocycles. The summed E-state index contributed by atoms with van der Waals surface area (Å²) in [6.07, 6.45) is 5.48. The van der Waals surface area contributed by atoms with Gasteiger partial charge in [0.05, 0.1) is 0 Å². The number of hydrogen-bond donors (Lipinski definition) is 2. The Hall–Kier alpha value is -0.810. The third kappa shape index (κ3) is 8.91. The molecule has 1 heterocycles. The molecule has 0 aliphatic carbocycles. The topological polar surface area (TPSA) is 44.4 Å². The zero-order valence-electron chi connectivity index (χ0n) is 15.4. The highest BCUT2D eigenvalue weighted by Gasteiger charge is 2.17. The van der Waals surface area contributed by atoms with Crippen molar-refractivity contribution in [3.8, 4) is 0 Å². The van der Waals surface area contributed by atoms with E-state index in [4.69, 9.17) is 0 Å². The van der Waals surface area contributed by atoms with Gasteiger partial charge in [0, 0.05) is 25.6 Å². The molecule has 0 radical (unpaired) electrons. The molecule has 1 atom stereocenters. The van der Waals surface area contributed by atoms with E-state index in [9.17, 15) is 4.79 Å². The Morgan fingerprint density at radius 2 is 1.84 bits per heavy atom. The van der Waals surface area contributed by atoms with Gasteiger partial charge >= 0.3 is 0 Å². The van der Waals surface area contributed by atoms with Crippen molar-refractivity contribution in [1.82, 2.24) is 15.5 Å². The Kier molecular flexibility index (Phi) is 13.0. The summed E-state index contributed by atoms with van der Waals surface area (Å²) in [6.45, 7) is 6.09. The standard InChI is InChI=1S/C19H31N3O.2ClH/c1-16-6-3-4-13-22(16)15-18-10-8-17(9-11-18)14-21-19(23)7-5-12-20-2;;/h8-11,16,20H,3-7,12-15H2,1-2H3,(H,21,23);2*1H. The van der Waals surface area contributed by atoms with Crippen molar-refractivity contribution in [3.05, 3.63) is 35.4 Å². The van der Waals surface area contributed by atoms with Crippen molar-refractivity contribution in [3.63, 3.8) is 0 Å². The molecule has 6 heteroatoms. The Balaban J connectivity index is 0.00000288. The van der Waals surface area contributed by atoms with E-state index in [2.05, 4.69) is 46.7 Å². The van der Waals surface area contributed by atoms with E-state index in [0.29, 0.717) is 19.0 Å². The first-order valence-electron chi connectivity index (χ1n) is 8.92. The molecule has 0 aromatic heterocycles. The quantitative estimate of drug-likeness (QED) is 0.668. The van der Waals surface area contributed by atoms with Crippen LogP contribution in [0, 0.1) is 0 Å². The summed E-state index contributed by atoms with van der Waals surface area (Å²) in [5, 5.41) is 6.04. The van der Waals surface area contributed by atoms with Gasteiger partial charge in [-0.15, -0.1) is 24.8 Å². The molecule has 1 aliphatic rings. The first-order valence-corrected chi connectivity index (χ1v) is 8.92. The first-order chi connectivity index (χ1) is 11.2. The molecule has 0 spiro atoms. The fourth-order valence-electron chi connectivity index (χ4n) is 3.10. The van der Waals surface area contributed by atoms with Crippen LogP contribution in [0.2, 0.25) is 0 Å². The largest absolute Gasteiger partial charge is 0.352 e. The van der Waals surface area contributed by atoms with Gasteiger partial charge < -0.3 is 10.6 Å². The predicted octanol–water partition coefficient (Wildman–Crippen LogP) is 3.52. The van der Waals surface area contributed by atoms with Crippen molar-refractivity contribution >= 4 is 30.7 Å². The third-order valence-corrected chi connectivity index (χ3v) is 4.67. The van der Waals surface area contributed by atoms with Crippen LogP contribution in [0.25, 0.3) is 0 Å². The van der Waals surface area contributed by atoms with Crippen molar-refractivity contribution in [2.24, 2.45) is 0 Å². The monoisotopic (exact) mass is 389 g/mol. The number of amides is 1. The van der Waals surface area contributed by atoms with Gasteiger partial charge in [-0.05, 0) is 57.5 Å². The fourth-order valence-corrected chi connectivity index (χ4v) is 3.10. The molecule has 2 rings (SSSR count). The Morgan fingerprint density at radius 1 is 1.16 bits per heavy atom. The number of rotatable bonds is 8. The fraction of sp³-hybridized carbons (Fsp3) is 0.632. The average Bonchev–Trinajstić information content (AvgIpc) is 2.56.